The molecule has 0 bridgehead atoms. The molecule has 20 heavy (non-hydrogen) atoms. The van der Waals surface area contributed by atoms with Gasteiger partial charge in [-0.25, -0.2) is 14.4 Å². The molecule has 0 aliphatic heterocycles. The Balaban J connectivity index is 2.18. The van der Waals surface area contributed by atoms with Crippen LogP contribution in [0.15, 0.2) is 29.2 Å². The highest BCUT2D eigenvalue weighted by Gasteiger charge is 2.13. The Morgan fingerprint density at radius 2 is 2.10 bits per heavy atom. The Morgan fingerprint density at radius 3 is 2.75 bits per heavy atom. The molecular weight excluding hydrogens is 410 g/mol. The lowest BCUT2D eigenvalue weighted by atomic mass is 10.1. The molecule has 1 aromatic heterocycles. The number of hydrogen-bond acceptors (Lipinski definition) is 3. The van der Waals surface area contributed by atoms with Crippen LogP contribution in [0, 0.1) is 9.39 Å². The third kappa shape index (κ3) is 4.05. The number of rotatable bonds is 4. The molecule has 2 nitrogen and oxygen atoms in total. The molecule has 1 aromatic carbocycles. The minimum absolute atomic E-state index is 0.237. The summed E-state index contributed by atoms with van der Waals surface area (Å²) < 4.78 is 14.0. The minimum Gasteiger partial charge on any atom is -0.236 e. The second-order valence-electron chi connectivity index (χ2n) is 4.53. The highest BCUT2D eigenvalue weighted by Crippen LogP contribution is 2.27. The number of benzene rings is 1. The van der Waals surface area contributed by atoms with Gasteiger partial charge in [-0.15, -0.1) is 11.8 Å². The summed E-state index contributed by atoms with van der Waals surface area (Å²) in [4.78, 5) is 9.69. The summed E-state index contributed by atoms with van der Waals surface area (Å²) in [6.07, 6.45) is 0. The monoisotopic (exact) mass is 422 g/mol. The number of thioether (sulfide) groups is 1. The topological polar surface area (TPSA) is 25.8 Å². The van der Waals surface area contributed by atoms with Gasteiger partial charge in [0.15, 0.2) is 0 Å². The summed E-state index contributed by atoms with van der Waals surface area (Å²) in [5.41, 5.74) is 0.959. The van der Waals surface area contributed by atoms with Crippen LogP contribution in [0.25, 0.3) is 0 Å². The van der Waals surface area contributed by atoms with E-state index in [0.717, 1.165) is 14.2 Å². The van der Waals surface area contributed by atoms with Crippen molar-refractivity contribution in [1.29, 1.82) is 0 Å². The molecule has 0 amide bonds. The van der Waals surface area contributed by atoms with E-state index in [0.29, 0.717) is 22.6 Å². The first kappa shape index (κ1) is 16.0. The Hall–Kier alpha value is -0.400. The summed E-state index contributed by atoms with van der Waals surface area (Å²) in [5, 5.41) is 0.485. The summed E-state index contributed by atoms with van der Waals surface area (Å²) in [7, 11) is 0. The quantitative estimate of drug-likeness (QED) is 0.380. The van der Waals surface area contributed by atoms with Crippen molar-refractivity contribution in [3.05, 3.63) is 50.3 Å². The molecule has 0 atom stereocenters. The highest BCUT2D eigenvalue weighted by molar-refractivity contribution is 14.1. The van der Waals surface area contributed by atoms with E-state index in [4.69, 9.17) is 11.6 Å². The van der Waals surface area contributed by atoms with Crippen LogP contribution in [-0.4, -0.2) is 9.97 Å². The largest absolute Gasteiger partial charge is 0.236 e. The molecule has 0 unspecified atom stereocenters. The van der Waals surface area contributed by atoms with Crippen molar-refractivity contribution >= 4 is 46.0 Å². The standard InChI is InChI=1S/C14H13ClFIN2S/c1-8(2)13-12(17)14(15)19-11(18-13)7-20-10-5-3-4-9(16)6-10/h3-6,8H,7H2,1-2H3. The van der Waals surface area contributed by atoms with Crippen molar-refractivity contribution in [2.45, 2.75) is 30.4 Å². The molecular formula is C14H13ClFIN2S. The molecule has 0 spiro atoms. The summed E-state index contributed by atoms with van der Waals surface area (Å²) in [6.45, 7) is 4.15. The predicted molar refractivity (Wildman–Crippen MR) is 89.8 cm³/mol. The first-order valence-electron chi connectivity index (χ1n) is 6.07. The lowest BCUT2D eigenvalue weighted by Gasteiger charge is -2.10. The van der Waals surface area contributed by atoms with Gasteiger partial charge in [-0.3, -0.25) is 0 Å². The Labute approximate surface area is 140 Å². The summed E-state index contributed by atoms with van der Waals surface area (Å²) in [6, 6.07) is 6.49. The molecule has 6 heteroatoms. The molecule has 0 aliphatic carbocycles. The fraction of sp³-hybridized carbons (Fsp3) is 0.286. The van der Waals surface area contributed by atoms with Crippen molar-refractivity contribution < 1.29 is 4.39 Å². The molecule has 0 saturated heterocycles. The zero-order chi connectivity index (χ0) is 14.7. The van der Waals surface area contributed by atoms with Gasteiger partial charge in [0.1, 0.15) is 16.8 Å². The third-order valence-electron chi connectivity index (χ3n) is 2.59. The first-order valence-corrected chi connectivity index (χ1v) is 8.51. The maximum atomic E-state index is 13.1. The van der Waals surface area contributed by atoms with Gasteiger partial charge in [-0.05, 0) is 46.7 Å². The lowest BCUT2D eigenvalue weighted by Crippen LogP contribution is -2.04. The number of halogens is 3. The second kappa shape index (κ2) is 7.04. The van der Waals surface area contributed by atoms with Crippen molar-refractivity contribution in [1.82, 2.24) is 9.97 Å². The Kier molecular flexibility index (Phi) is 5.63. The van der Waals surface area contributed by atoms with Crippen molar-refractivity contribution in [3.63, 3.8) is 0 Å². The molecule has 2 rings (SSSR count). The predicted octanol–water partition coefficient (Wildman–Crippen LogP) is 5.29. The molecule has 2 aromatic rings. The molecule has 0 radical (unpaired) electrons. The van der Waals surface area contributed by atoms with E-state index < -0.39 is 0 Å². The van der Waals surface area contributed by atoms with Crippen LogP contribution in [0.1, 0.15) is 31.3 Å². The van der Waals surface area contributed by atoms with Crippen LogP contribution in [0.5, 0.6) is 0 Å². The summed E-state index contributed by atoms with van der Waals surface area (Å²) in [5.74, 6) is 1.30. The fourth-order valence-electron chi connectivity index (χ4n) is 1.63. The number of hydrogen-bond donors (Lipinski definition) is 0. The van der Waals surface area contributed by atoms with Gasteiger partial charge >= 0.3 is 0 Å². The fourth-order valence-corrected chi connectivity index (χ4v) is 3.49. The maximum Gasteiger partial charge on any atom is 0.146 e. The van der Waals surface area contributed by atoms with Gasteiger partial charge in [0, 0.05) is 4.90 Å². The maximum absolute atomic E-state index is 13.1. The van der Waals surface area contributed by atoms with Gasteiger partial charge < -0.3 is 0 Å². The average Bonchev–Trinajstić information content (AvgIpc) is 2.39. The average molecular weight is 423 g/mol. The van der Waals surface area contributed by atoms with Crippen LogP contribution in [0.4, 0.5) is 4.39 Å². The number of nitrogens with zero attached hydrogens (tertiary/aromatic N) is 2. The van der Waals surface area contributed by atoms with E-state index >= 15 is 0 Å². The van der Waals surface area contributed by atoms with Crippen LogP contribution >= 0.6 is 46.0 Å². The van der Waals surface area contributed by atoms with Gasteiger partial charge in [0.2, 0.25) is 0 Å². The van der Waals surface area contributed by atoms with Crippen LogP contribution in [-0.2, 0) is 5.75 Å². The van der Waals surface area contributed by atoms with Crippen molar-refractivity contribution in [2.75, 3.05) is 0 Å². The molecule has 0 fully saturated rings. The highest BCUT2D eigenvalue weighted by atomic mass is 127. The van der Waals surface area contributed by atoms with Crippen LogP contribution < -0.4 is 0 Å². The molecule has 1 heterocycles. The summed E-state index contributed by atoms with van der Waals surface area (Å²) >= 11 is 9.81. The Bertz CT molecular complexity index is 622. The van der Waals surface area contributed by atoms with Gasteiger partial charge in [0.25, 0.3) is 0 Å². The smallest absolute Gasteiger partial charge is 0.146 e. The molecule has 0 N–H and O–H groups in total. The van der Waals surface area contributed by atoms with Crippen molar-refractivity contribution in [2.24, 2.45) is 0 Å². The first-order chi connectivity index (χ1) is 9.47. The SMILES string of the molecule is CC(C)c1nc(CSc2cccc(F)c2)nc(Cl)c1I. The second-order valence-corrected chi connectivity index (χ2v) is 7.02. The van der Waals surface area contributed by atoms with E-state index in [2.05, 4.69) is 46.4 Å². The van der Waals surface area contributed by atoms with Crippen LogP contribution in [0.2, 0.25) is 5.15 Å². The number of aromatic nitrogens is 2. The van der Waals surface area contributed by atoms with Gasteiger partial charge in [-0.2, -0.15) is 0 Å². The van der Waals surface area contributed by atoms with E-state index in [1.165, 1.54) is 23.9 Å². The van der Waals surface area contributed by atoms with E-state index in [1.54, 1.807) is 6.07 Å². The zero-order valence-corrected chi connectivity index (χ0v) is 14.8. The van der Waals surface area contributed by atoms with E-state index in [1.807, 2.05) is 6.07 Å². The van der Waals surface area contributed by atoms with E-state index in [-0.39, 0.29) is 5.82 Å². The minimum atomic E-state index is -0.237. The third-order valence-corrected chi connectivity index (χ3v) is 5.24. The van der Waals surface area contributed by atoms with Gasteiger partial charge in [0.05, 0.1) is 15.0 Å². The lowest BCUT2D eigenvalue weighted by molar-refractivity contribution is 0.624. The van der Waals surface area contributed by atoms with Gasteiger partial charge in [-0.1, -0.05) is 31.5 Å². The molecule has 0 saturated carbocycles. The molecule has 106 valence electrons. The zero-order valence-electron chi connectivity index (χ0n) is 11.0. The van der Waals surface area contributed by atoms with E-state index in [9.17, 15) is 4.39 Å². The molecule has 0 aliphatic rings. The normalized spacial score (nSPS) is 11.1. The van der Waals surface area contributed by atoms with Crippen molar-refractivity contribution in [3.8, 4) is 0 Å². The van der Waals surface area contributed by atoms with Crippen LogP contribution in [0.3, 0.4) is 0 Å². The Morgan fingerprint density at radius 1 is 1.35 bits per heavy atom.